The fraction of sp³-hybridized carbons (Fsp3) is 0.600. The van der Waals surface area contributed by atoms with E-state index in [1.165, 1.54) is 20.8 Å². The molecule has 0 bridgehead atoms. The average molecular weight is 268 g/mol. The van der Waals surface area contributed by atoms with Gasteiger partial charge in [-0.3, -0.25) is 13.9 Å². The number of hydrogen-bond acceptors (Lipinski definition) is 2. The van der Waals surface area contributed by atoms with Crippen molar-refractivity contribution >= 4 is 0 Å². The molecule has 0 N–H and O–H groups in total. The largest absolute Gasteiger partial charge is 0.434 e. The summed E-state index contributed by atoms with van der Waals surface area (Å²) in [5, 5.41) is 0. The average Bonchev–Trinajstić information content (AvgIpc) is 2.10. The lowest BCUT2D eigenvalue weighted by molar-refractivity contribution is -0.147. The molecule has 1 aromatic heterocycles. The molecule has 0 atom stereocenters. The molecular formula is C10H12F4N2O2. The Morgan fingerprint density at radius 1 is 1.06 bits per heavy atom. The van der Waals surface area contributed by atoms with Crippen LogP contribution in [0.15, 0.2) is 9.59 Å². The number of rotatable bonds is 0. The number of aromatic nitrogens is 2. The highest BCUT2D eigenvalue weighted by Gasteiger charge is 2.40. The van der Waals surface area contributed by atoms with Gasteiger partial charge in [-0.2, -0.15) is 17.6 Å². The second-order valence-corrected chi connectivity index (χ2v) is 4.81. The van der Waals surface area contributed by atoms with Crippen molar-refractivity contribution in [2.45, 2.75) is 32.5 Å². The molecule has 0 radical (unpaired) electrons. The molecule has 1 heterocycles. The SMILES string of the molecule is Cn1c(C(F)(F)F)c(F)c(=O)n(C(C)(C)C)c1=O. The molecule has 0 aliphatic rings. The zero-order valence-electron chi connectivity index (χ0n) is 10.2. The molecule has 0 spiro atoms. The van der Waals surface area contributed by atoms with Crippen LogP contribution in [0.4, 0.5) is 17.6 Å². The van der Waals surface area contributed by atoms with Gasteiger partial charge in [0.05, 0.1) is 0 Å². The maximum atomic E-state index is 13.5. The van der Waals surface area contributed by atoms with E-state index in [-0.39, 0.29) is 4.57 Å². The molecule has 1 rings (SSSR count). The van der Waals surface area contributed by atoms with Gasteiger partial charge in [0.25, 0.3) is 5.56 Å². The van der Waals surface area contributed by atoms with Crippen LogP contribution in [0, 0.1) is 5.82 Å². The predicted molar refractivity (Wildman–Crippen MR) is 55.9 cm³/mol. The van der Waals surface area contributed by atoms with Crippen LogP contribution in [0.1, 0.15) is 26.5 Å². The summed E-state index contributed by atoms with van der Waals surface area (Å²) in [6.45, 7) is 4.26. The maximum absolute atomic E-state index is 13.5. The highest BCUT2D eigenvalue weighted by Crippen LogP contribution is 2.29. The van der Waals surface area contributed by atoms with E-state index in [4.69, 9.17) is 0 Å². The molecule has 0 aliphatic heterocycles. The fourth-order valence-electron chi connectivity index (χ4n) is 1.59. The van der Waals surface area contributed by atoms with Gasteiger partial charge in [-0.1, -0.05) is 0 Å². The minimum Gasteiger partial charge on any atom is -0.290 e. The van der Waals surface area contributed by atoms with Crippen LogP contribution in [-0.2, 0) is 18.8 Å². The quantitative estimate of drug-likeness (QED) is 0.669. The van der Waals surface area contributed by atoms with E-state index in [2.05, 4.69) is 0 Å². The van der Waals surface area contributed by atoms with Gasteiger partial charge >= 0.3 is 11.9 Å². The highest BCUT2D eigenvalue weighted by atomic mass is 19.4. The van der Waals surface area contributed by atoms with Gasteiger partial charge < -0.3 is 0 Å². The van der Waals surface area contributed by atoms with Crippen LogP contribution < -0.4 is 11.2 Å². The highest BCUT2D eigenvalue weighted by molar-refractivity contribution is 5.10. The number of nitrogens with zero attached hydrogens (tertiary/aromatic N) is 2. The van der Waals surface area contributed by atoms with Crippen LogP contribution in [0.25, 0.3) is 0 Å². The Balaban J connectivity index is 3.92. The van der Waals surface area contributed by atoms with E-state index in [1.807, 2.05) is 0 Å². The lowest BCUT2D eigenvalue weighted by Gasteiger charge is -2.23. The zero-order valence-corrected chi connectivity index (χ0v) is 10.2. The van der Waals surface area contributed by atoms with E-state index >= 15 is 0 Å². The van der Waals surface area contributed by atoms with Crippen molar-refractivity contribution < 1.29 is 17.6 Å². The summed E-state index contributed by atoms with van der Waals surface area (Å²) in [6.07, 6.45) is -5.10. The molecule has 1 aromatic rings. The first-order valence-electron chi connectivity index (χ1n) is 4.98. The molecule has 0 aromatic carbocycles. The van der Waals surface area contributed by atoms with Crippen LogP contribution in [-0.4, -0.2) is 9.13 Å². The molecule has 102 valence electrons. The fourth-order valence-corrected chi connectivity index (χ4v) is 1.59. The molecule has 4 nitrogen and oxygen atoms in total. The first-order chi connectivity index (χ1) is 7.89. The third-order valence-electron chi connectivity index (χ3n) is 2.35. The van der Waals surface area contributed by atoms with Gasteiger partial charge in [0.2, 0.25) is 5.82 Å². The molecule has 0 unspecified atom stereocenters. The van der Waals surface area contributed by atoms with Gasteiger partial charge in [-0.15, -0.1) is 0 Å². The summed E-state index contributed by atoms with van der Waals surface area (Å²) in [6, 6.07) is 0. The first-order valence-corrected chi connectivity index (χ1v) is 4.98. The van der Waals surface area contributed by atoms with Gasteiger partial charge in [-0.25, -0.2) is 4.79 Å². The smallest absolute Gasteiger partial charge is 0.290 e. The Hall–Kier alpha value is -1.60. The Bertz CT molecular complexity index is 553. The molecule has 18 heavy (non-hydrogen) atoms. The second kappa shape index (κ2) is 3.96. The van der Waals surface area contributed by atoms with Crippen molar-refractivity contribution in [2.75, 3.05) is 0 Å². The van der Waals surface area contributed by atoms with Gasteiger partial charge in [0, 0.05) is 12.6 Å². The molecule has 0 amide bonds. The van der Waals surface area contributed by atoms with Gasteiger partial charge in [-0.05, 0) is 20.8 Å². The summed E-state index contributed by atoms with van der Waals surface area (Å²) < 4.78 is 51.7. The molecule has 8 heteroatoms. The predicted octanol–water partition coefficient (Wildman–Crippen LogP) is 1.46. The number of halogens is 4. The van der Waals surface area contributed by atoms with Crippen molar-refractivity contribution in [1.29, 1.82) is 0 Å². The summed E-state index contributed by atoms with van der Waals surface area (Å²) >= 11 is 0. The van der Waals surface area contributed by atoms with Gasteiger partial charge in [0.1, 0.15) is 0 Å². The van der Waals surface area contributed by atoms with Crippen molar-refractivity contribution in [1.82, 2.24) is 9.13 Å². The maximum Gasteiger partial charge on any atom is 0.434 e. The second-order valence-electron chi connectivity index (χ2n) is 4.81. The monoisotopic (exact) mass is 268 g/mol. The topological polar surface area (TPSA) is 44.0 Å². The van der Waals surface area contributed by atoms with Crippen molar-refractivity contribution in [2.24, 2.45) is 7.05 Å². The minimum atomic E-state index is -5.10. The van der Waals surface area contributed by atoms with Crippen LogP contribution >= 0.6 is 0 Å². The van der Waals surface area contributed by atoms with Crippen molar-refractivity contribution in [3.63, 3.8) is 0 Å². The lowest BCUT2D eigenvalue weighted by atomic mass is 10.1. The molecule has 0 aliphatic carbocycles. The minimum absolute atomic E-state index is 0.0992. The van der Waals surface area contributed by atoms with E-state index in [0.717, 1.165) is 7.05 Å². The normalized spacial score (nSPS) is 12.9. The summed E-state index contributed by atoms with van der Waals surface area (Å²) in [4.78, 5) is 23.2. The number of alkyl halides is 3. The van der Waals surface area contributed by atoms with Crippen molar-refractivity contribution in [3.05, 3.63) is 32.3 Å². The Kier molecular flexibility index (Phi) is 3.18. The van der Waals surface area contributed by atoms with E-state index in [0.29, 0.717) is 4.57 Å². The van der Waals surface area contributed by atoms with Crippen molar-refractivity contribution in [3.8, 4) is 0 Å². The third kappa shape index (κ3) is 2.19. The van der Waals surface area contributed by atoms with Crippen LogP contribution in [0.3, 0.4) is 0 Å². The van der Waals surface area contributed by atoms with E-state index in [1.54, 1.807) is 0 Å². The Morgan fingerprint density at radius 3 is 1.83 bits per heavy atom. The van der Waals surface area contributed by atoms with Crippen LogP contribution in [0.5, 0.6) is 0 Å². The van der Waals surface area contributed by atoms with Crippen LogP contribution in [0.2, 0.25) is 0 Å². The lowest BCUT2D eigenvalue weighted by Crippen LogP contribution is -2.50. The standard InChI is InChI=1S/C10H12F4N2O2/c1-9(2,3)16-7(17)5(11)6(10(12,13)14)15(4)8(16)18/h1-4H3. The third-order valence-corrected chi connectivity index (χ3v) is 2.35. The Labute approximate surface area is 99.5 Å². The van der Waals surface area contributed by atoms with E-state index < -0.39 is 34.5 Å². The summed E-state index contributed by atoms with van der Waals surface area (Å²) in [5.41, 5.74) is -5.76. The zero-order chi connectivity index (χ0) is 14.5. The molecule has 0 saturated heterocycles. The van der Waals surface area contributed by atoms with E-state index in [9.17, 15) is 27.2 Å². The van der Waals surface area contributed by atoms with Gasteiger partial charge in [0.15, 0.2) is 5.69 Å². The molecule has 0 saturated carbocycles. The molecule has 0 fully saturated rings. The number of hydrogen-bond donors (Lipinski definition) is 0. The Morgan fingerprint density at radius 2 is 1.50 bits per heavy atom. The first kappa shape index (κ1) is 14.5. The summed E-state index contributed by atoms with van der Waals surface area (Å²) in [7, 11) is 0.774. The summed E-state index contributed by atoms with van der Waals surface area (Å²) in [5.74, 6) is -1.97. The molecular weight excluding hydrogens is 256 g/mol.